The lowest BCUT2D eigenvalue weighted by Crippen LogP contribution is -2.28. The van der Waals surface area contributed by atoms with E-state index in [1.165, 1.54) is 16.2 Å². The topological polar surface area (TPSA) is 40.5 Å². The number of aliphatic carboxylic acids is 1. The molecule has 1 aromatic rings. The molecule has 0 spiro atoms. The quantitative estimate of drug-likeness (QED) is 0.377. The fourth-order valence-electron chi connectivity index (χ4n) is 3.35. The Hall–Kier alpha value is -1.65. The Kier molecular flexibility index (Phi) is 9.35. The molecule has 0 unspecified atom stereocenters. The first-order chi connectivity index (χ1) is 15.2. The van der Waals surface area contributed by atoms with Crippen LogP contribution < -0.4 is 0 Å². The van der Waals surface area contributed by atoms with Gasteiger partial charge in [0, 0.05) is 46.5 Å². The summed E-state index contributed by atoms with van der Waals surface area (Å²) in [5, 5.41) is 10.6. The largest absolute Gasteiger partial charge is 0.481 e. The maximum absolute atomic E-state index is 12.0. The fourth-order valence-corrected chi connectivity index (χ4v) is 4.68. The number of hydrogen-bond donors (Lipinski definition) is 1. The molecule has 1 heterocycles. The van der Waals surface area contributed by atoms with Crippen LogP contribution in [-0.4, -0.2) is 21.7 Å². The van der Waals surface area contributed by atoms with Gasteiger partial charge in [0.05, 0.1) is 5.41 Å². The van der Waals surface area contributed by atoms with Crippen LogP contribution in [0, 0.1) is 16.7 Å². The van der Waals surface area contributed by atoms with Crippen molar-refractivity contribution in [2.45, 2.75) is 74.8 Å². The van der Waals surface area contributed by atoms with Crippen molar-refractivity contribution in [2.24, 2.45) is 16.7 Å². The van der Waals surface area contributed by atoms with Crippen molar-refractivity contribution in [1.29, 1.82) is 0 Å². The normalized spacial score (nSPS) is 17.0. The fraction of sp³-hybridized carbons (Fsp3) is 0.536. The molecule has 0 saturated heterocycles. The minimum Gasteiger partial charge on any atom is -0.481 e. The van der Waals surface area contributed by atoms with E-state index in [0.29, 0.717) is 18.9 Å². The van der Waals surface area contributed by atoms with Crippen LogP contribution >= 0.6 is 23.4 Å². The van der Waals surface area contributed by atoms with Crippen LogP contribution in [0.2, 0.25) is 5.02 Å². The molecule has 182 valence electrons. The molecule has 1 N–H and O–H groups in total. The molecule has 0 bridgehead atoms. The number of hydrogen-bond acceptors (Lipinski definition) is 3. The van der Waals surface area contributed by atoms with Gasteiger partial charge in [-0.3, -0.25) is 4.79 Å². The zero-order valence-corrected chi connectivity index (χ0v) is 23.0. The average Bonchev–Trinajstić information content (AvgIpc) is 3.01. The Bertz CT molecular complexity index is 934. The highest BCUT2D eigenvalue weighted by atomic mass is 35.5. The second kappa shape index (κ2) is 11.2. The molecule has 1 aliphatic heterocycles. The summed E-state index contributed by atoms with van der Waals surface area (Å²) in [6.07, 6.45) is 5.77. The lowest BCUT2D eigenvalue weighted by atomic mass is 9.87. The number of carbonyl (C=O) groups is 1. The Morgan fingerprint density at radius 3 is 2.30 bits per heavy atom. The number of allylic oxidation sites excluding steroid dienone is 5. The highest BCUT2D eigenvalue weighted by molar-refractivity contribution is 8.03. The van der Waals surface area contributed by atoms with Gasteiger partial charge in [-0.05, 0) is 55.9 Å². The van der Waals surface area contributed by atoms with Gasteiger partial charge in [-0.25, -0.2) is 0 Å². The second-order valence-electron chi connectivity index (χ2n) is 11.2. The third kappa shape index (κ3) is 8.26. The van der Waals surface area contributed by atoms with E-state index in [1.807, 2.05) is 37.7 Å². The van der Waals surface area contributed by atoms with Gasteiger partial charge in [0.1, 0.15) is 0 Å². The van der Waals surface area contributed by atoms with E-state index in [0.717, 1.165) is 28.5 Å². The molecule has 3 nitrogen and oxygen atoms in total. The summed E-state index contributed by atoms with van der Waals surface area (Å²) < 4.78 is 0. The summed E-state index contributed by atoms with van der Waals surface area (Å²) in [5.41, 5.74) is 4.18. The second-order valence-corrected chi connectivity index (χ2v) is 12.7. The van der Waals surface area contributed by atoms with Crippen molar-refractivity contribution < 1.29 is 9.90 Å². The first-order valence-corrected chi connectivity index (χ1v) is 13.0. The van der Waals surface area contributed by atoms with Crippen molar-refractivity contribution in [2.75, 3.05) is 5.75 Å². The SMILES string of the molecule is C/C(=C\C=C1/CC(SCC(C)(C)C)=C(CC(C)(C)C(=O)O)N1Cc1ccc(Cl)cc1)C(C)C. The van der Waals surface area contributed by atoms with Crippen LogP contribution in [-0.2, 0) is 11.3 Å². The van der Waals surface area contributed by atoms with Crippen molar-refractivity contribution in [1.82, 2.24) is 4.90 Å². The maximum Gasteiger partial charge on any atom is 0.309 e. The molecule has 0 fully saturated rings. The number of benzene rings is 1. The molecule has 1 aromatic carbocycles. The van der Waals surface area contributed by atoms with Crippen LogP contribution in [0.25, 0.3) is 0 Å². The zero-order chi connectivity index (χ0) is 25.0. The van der Waals surface area contributed by atoms with Gasteiger partial charge in [0.15, 0.2) is 0 Å². The van der Waals surface area contributed by atoms with Gasteiger partial charge in [-0.1, -0.05) is 70.0 Å². The van der Waals surface area contributed by atoms with E-state index in [4.69, 9.17) is 11.6 Å². The van der Waals surface area contributed by atoms with Gasteiger partial charge >= 0.3 is 5.97 Å². The lowest BCUT2D eigenvalue weighted by molar-refractivity contribution is -0.147. The highest BCUT2D eigenvalue weighted by Crippen LogP contribution is 2.45. The number of carboxylic acid groups (broad SMARTS) is 1. The summed E-state index contributed by atoms with van der Waals surface area (Å²) in [4.78, 5) is 15.6. The van der Waals surface area contributed by atoms with E-state index in [-0.39, 0.29) is 5.41 Å². The monoisotopic (exact) mass is 489 g/mol. The number of rotatable bonds is 9. The lowest BCUT2D eigenvalue weighted by Gasteiger charge is -2.29. The Labute approximate surface area is 210 Å². The van der Waals surface area contributed by atoms with Gasteiger partial charge in [-0.15, -0.1) is 11.8 Å². The van der Waals surface area contributed by atoms with E-state index in [9.17, 15) is 9.90 Å². The minimum absolute atomic E-state index is 0.187. The van der Waals surface area contributed by atoms with Crippen LogP contribution in [0.4, 0.5) is 0 Å². The standard InChI is InChI=1S/C28H40ClNO2S/c1-19(2)20(3)9-14-23-15-25(33-18-27(4,5)6)24(16-28(7,8)26(31)32)30(23)17-21-10-12-22(29)13-11-21/h9-14,19H,15-18H2,1-8H3,(H,31,32)/b20-9+,23-14+. The molecular formula is C28H40ClNO2S. The first kappa shape index (κ1) is 27.6. The molecule has 0 aromatic heterocycles. The summed E-state index contributed by atoms with van der Waals surface area (Å²) in [5.74, 6) is 0.707. The predicted octanol–water partition coefficient (Wildman–Crippen LogP) is 8.52. The van der Waals surface area contributed by atoms with E-state index in [1.54, 1.807) is 0 Å². The first-order valence-electron chi connectivity index (χ1n) is 11.7. The third-order valence-electron chi connectivity index (χ3n) is 5.91. The molecule has 0 amide bonds. The molecular weight excluding hydrogens is 450 g/mol. The zero-order valence-electron chi connectivity index (χ0n) is 21.5. The smallest absolute Gasteiger partial charge is 0.309 e. The third-order valence-corrected chi connectivity index (χ3v) is 7.90. The molecule has 33 heavy (non-hydrogen) atoms. The molecule has 2 rings (SSSR count). The van der Waals surface area contributed by atoms with Gasteiger partial charge in [0.25, 0.3) is 0 Å². The highest BCUT2D eigenvalue weighted by Gasteiger charge is 2.36. The van der Waals surface area contributed by atoms with Crippen molar-refractivity contribution in [3.63, 3.8) is 0 Å². The van der Waals surface area contributed by atoms with Gasteiger partial charge in [0.2, 0.25) is 0 Å². The number of thioether (sulfide) groups is 1. The molecule has 0 radical (unpaired) electrons. The maximum atomic E-state index is 12.0. The number of nitrogens with zero attached hydrogens (tertiary/aromatic N) is 1. The Morgan fingerprint density at radius 2 is 1.79 bits per heavy atom. The predicted molar refractivity (Wildman–Crippen MR) is 143 cm³/mol. The van der Waals surface area contributed by atoms with Gasteiger partial charge in [-0.2, -0.15) is 0 Å². The Balaban J connectivity index is 2.53. The molecule has 0 aliphatic carbocycles. The van der Waals surface area contributed by atoms with Crippen LogP contribution in [0.5, 0.6) is 0 Å². The molecule has 0 atom stereocenters. The molecule has 5 heteroatoms. The molecule has 0 saturated carbocycles. The minimum atomic E-state index is -0.847. The van der Waals surface area contributed by atoms with Crippen LogP contribution in [0.3, 0.4) is 0 Å². The summed E-state index contributed by atoms with van der Waals surface area (Å²) in [6.45, 7) is 17.6. The van der Waals surface area contributed by atoms with Crippen LogP contribution in [0.1, 0.15) is 73.8 Å². The average molecular weight is 490 g/mol. The molecule has 1 aliphatic rings. The van der Waals surface area contributed by atoms with E-state index < -0.39 is 11.4 Å². The van der Waals surface area contributed by atoms with Crippen molar-refractivity contribution in [3.05, 3.63) is 68.9 Å². The van der Waals surface area contributed by atoms with Crippen LogP contribution in [0.15, 0.2) is 58.3 Å². The van der Waals surface area contributed by atoms with Gasteiger partial charge < -0.3 is 10.0 Å². The number of halogens is 1. The van der Waals surface area contributed by atoms with Crippen molar-refractivity contribution in [3.8, 4) is 0 Å². The summed E-state index contributed by atoms with van der Waals surface area (Å²) in [7, 11) is 0. The Morgan fingerprint density at radius 1 is 1.18 bits per heavy atom. The van der Waals surface area contributed by atoms with E-state index in [2.05, 4.69) is 70.7 Å². The van der Waals surface area contributed by atoms with Crippen molar-refractivity contribution >= 4 is 29.3 Å². The summed E-state index contributed by atoms with van der Waals surface area (Å²) in [6, 6.07) is 7.93. The van der Waals surface area contributed by atoms with E-state index >= 15 is 0 Å². The number of carboxylic acids is 1. The summed E-state index contributed by atoms with van der Waals surface area (Å²) >= 11 is 7.99.